The average molecular weight is 307 g/mol. The predicted molar refractivity (Wildman–Crippen MR) is 66.1 cm³/mol. The first-order valence-electron chi connectivity index (χ1n) is 5.08. The van der Waals surface area contributed by atoms with Crippen LogP contribution >= 0.6 is 7.92 Å². The van der Waals surface area contributed by atoms with Crippen LogP contribution in [0.2, 0.25) is 0 Å². The number of rotatable bonds is 2. The van der Waals surface area contributed by atoms with Gasteiger partial charge in [-0.1, -0.05) is 61.6 Å². The van der Waals surface area contributed by atoms with Crippen molar-refractivity contribution in [2.75, 3.05) is 6.16 Å². The van der Waals surface area contributed by atoms with Crippen molar-refractivity contribution in [1.82, 2.24) is 0 Å². The maximum Gasteiger partial charge on any atom is 0 e. The number of hydrogen-bond donors (Lipinski definition) is 0. The molecule has 0 bridgehead atoms. The molecule has 0 radical (unpaired) electrons. The molecular formula is C12H25PPd. The van der Waals surface area contributed by atoms with Gasteiger partial charge in [0.2, 0.25) is 0 Å². The summed E-state index contributed by atoms with van der Waals surface area (Å²) < 4.78 is 0. The predicted octanol–water partition coefficient (Wildman–Crippen LogP) is 4.64. The fraction of sp³-hybridized carbons (Fsp3) is 0.833. The van der Waals surface area contributed by atoms with Crippen LogP contribution in [0, 0.1) is 0 Å². The van der Waals surface area contributed by atoms with Gasteiger partial charge >= 0.3 is 0 Å². The zero-order valence-electron chi connectivity index (χ0n) is 10.6. The maximum atomic E-state index is 2.37. The third kappa shape index (κ3) is 6.34. The van der Waals surface area contributed by atoms with Gasteiger partial charge in [-0.25, -0.2) is 0 Å². The number of hydrogen-bond acceptors (Lipinski definition) is 0. The molecule has 88 valence electrons. The molecule has 0 nitrogen and oxygen atoms in total. The molecule has 0 saturated carbocycles. The molecule has 0 unspecified atom stereocenters. The second kappa shape index (κ2) is 6.42. The molecule has 0 rings (SSSR count). The van der Waals surface area contributed by atoms with Gasteiger partial charge in [0.15, 0.2) is 0 Å². The van der Waals surface area contributed by atoms with Crippen molar-refractivity contribution in [3.63, 3.8) is 0 Å². The smallest absolute Gasteiger partial charge is 0 e. The first kappa shape index (κ1) is 17.2. The van der Waals surface area contributed by atoms with Gasteiger partial charge in [-0.2, -0.15) is 0 Å². The molecule has 0 aliphatic carbocycles. The zero-order chi connectivity index (χ0) is 10.7. The van der Waals surface area contributed by atoms with Gasteiger partial charge < -0.3 is 0 Å². The van der Waals surface area contributed by atoms with Gasteiger partial charge in [-0.3, -0.25) is 0 Å². The minimum Gasteiger partial charge on any atom is -0.0918 e. The third-order valence-electron chi connectivity index (χ3n) is 2.14. The minimum atomic E-state index is 0. The summed E-state index contributed by atoms with van der Waals surface area (Å²) in [4.78, 5) is 0. The van der Waals surface area contributed by atoms with Crippen molar-refractivity contribution in [1.29, 1.82) is 0 Å². The van der Waals surface area contributed by atoms with E-state index in [1.807, 2.05) is 0 Å². The molecule has 0 amide bonds. The van der Waals surface area contributed by atoms with E-state index < -0.39 is 0 Å². The van der Waals surface area contributed by atoms with E-state index in [2.05, 4.69) is 60.6 Å². The molecule has 0 spiro atoms. The second-order valence-electron chi connectivity index (χ2n) is 5.52. The van der Waals surface area contributed by atoms with Crippen LogP contribution in [0.15, 0.2) is 12.2 Å². The van der Waals surface area contributed by atoms with Gasteiger partial charge in [0.05, 0.1) is 0 Å². The quantitative estimate of drug-likeness (QED) is 0.396. The molecule has 0 aliphatic rings. The van der Waals surface area contributed by atoms with Crippen LogP contribution in [0.25, 0.3) is 0 Å². The fourth-order valence-electron chi connectivity index (χ4n) is 1.76. The van der Waals surface area contributed by atoms with Crippen LogP contribution in [-0.4, -0.2) is 16.5 Å². The van der Waals surface area contributed by atoms with Crippen molar-refractivity contribution in [3.8, 4) is 0 Å². The molecule has 0 aromatic heterocycles. The van der Waals surface area contributed by atoms with E-state index in [0.717, 1.165) is 0 Å². The topological polar surface area (TPSA) is 0 Å². The van der Waals surface area contributed by atoms with E-state index in [1.165, 1.54) is 6.16 Å². The Morgan fingerprint density at radius 3 is 1.50 bits per heavy atom. The Kier molecular flexibility index (Phi) is 7.91. The molecule has 0 saturated heterocycles. The maximum absolute atomic E-state index is 2.37. The first-order valence-corrected chi connectivity index (χ1v) is 6.61. The Balaban J connectivity index is 0. The van der Waals surface area contributed by atoms with E-state index in [0.29, 0.717) is 10.3 Å². The number of allylic oxidation sites excluding steroid dienone is 2. The van der Waals surface area contributed by atoms with Gasteiger partial charge in [-0.15, -0.1) is 0 Å². The molecule has 0 heterocycles. The van der Waals surface area contributed by atoms with E-state index >= 15 is 0 Å². The summed E-state index contributed by atoms with van der Waals surface area (Å²) in [6.07, 6.45) is 5.76. The Morgan fingerprint density at radius 2 is 1.29 bits per heavy atom. The Labute approximate surface area is 105 Å². The summed E-state index contributed by atoms with van der Waals surface area (Å²) in [7, 11) is 0.0646. The van der Waals surface area contributed by atoms with Crippen LogP contribution in [0.4, 0.5) is 0 Å². The SMILES string of the molecule is CC=CCP(C(C)(C)C)C(C)(C)C.[Pd]. The van der Waals surface area contributed by atoms with E-state index in [-0.39, 0.29) is 28.3 Å². The average Bonchev–Trinajstić information content (AvgIpc) is 1.81. The monoisotopic (exact) mass is 306 g/mol. The van der Waals surface area contributed by atoms with Gasteiger partial charge in [-0.05, 0) is 23.4 Å². The van der Waals surface area contributed by atoms with Crippen LogP contribution in [0.3, 0.4) is 0 Å². The van der Waals surface area contributed by atoms with Gasteiger partial charge in [0, 0.05) is 20.4 Å². The third-order valence-corrected chi connectivity index (χ3v) is 5.96. The molecule has 0 aromatic carbocycles. The normalized spacial score (nSPS) is 13.4. The van der Waals surface area contributed by atoms with Crippen LogP contribution in [-0.2, 0) is 20.4 Å². The Bertz CT molecular complexity index is 158. The summed E-state index contributed by atoms with van der Waals surface area (Å²) in [5.74, 6) is 0. The largest absolute Gasteiger partial charge is 0.0918 e. The molecule has 0 aromatic rings. The van der Waals surface area contributed by atoms with Crippen molar-refractivity contribution in [2.24, 2.45) is 0 Å². The summed E-state index contributed by atoms with van der Waals surface area (Å²) in [6, 6.07) is 0. The van der Waals surface area contributed by atoms with Crippen molar-refractivity contribution >= 4 is 7.92 Å². The molecule has 0 atom stereocenters. The zero-order valence-corrected chi connectivity index (χ0v) is 13.1. The molecule has 2 heteroatoms. The second-order valence-corrected chi connectivity index (χ2v) is 9.43. The van der Waals surface area contributed by atoms with Crippen molar-refractivity contribution in [3.05, 3.63) is 12.2 Å². The van der Waals surface area contributed by atoms with E-state index in [9.17, 15) is 0 Å². The van der Waals surface area contributed by atoms with E-state index in [4.69, 9.17) is 0 Å². The van der Waals surface area contributed by atoms with Gasteiger partial charge in [0.1, 0.15) is 0 Å². The van der Waals surface area contributed by atoms with Crippen LogP contribution in [0.5, 0.6) is 0 Å². The van der Waals surface area contributed by atoms with Crippen molar-refractivity contribution in [2.45, 2.75) is 58.8 Å². The first-order chi connectivity index (χ1) is 5.69. The molecule has 14 heavy (non-hydrogen) atoms. The molecule has 0 N–H and O–H groups in total. The van der Waals surface area contributed by atoms with E-state index in [1.54, 1.807) is 0 Å². The summed E-state index contributed by atoms with van der Waals surface area (Å²) in [5, 5.41) is 0.931. The molecule has 0 fully saturated rings. The standard InChI is InChI=1S/C12H25P.Pd/c1-8-9-10-13(11(2,3)4)12(5,6)7;/h8-9H,10H2,1-7H3;. The molecular weight excluding hydrogens is 282 g/mol. The van der Waals surface area contributed by atoms with Crippen LogP contribution in [0.1, 0.15) is 48.5 Å². The van der Waals surface area contributed by atoms with Crippen LogP contribution < -0.4 is 0 Å². The fourth-order valence-corrected chi connectivity index (χ4v) is 5.29. The molecule has 0 aliphatic heterocycles. The van der Waals surface area contributed by atoms with Crippen molar-refractivity contribution < 1.29 is 20.4 Å². The summed E-state index contributed by atoms with van der Waals surface area (Å²) >= 11 is 0. The Morgan fingerprint density at radius 1 is 0.929 bits per heavy atom. The Hall–Kier alpha value is 0.832. The summed E-state index contributed by atoms with van der Waals surface area (Å²) in [6.45, 7) is 16.3. The minimum absolute atomic E-state index is 0. The van der Waals surface area contributed by atoms with Gasteiger partial charge in [0.25, 0.3) is 0 Å². The summed E-state index contributed by atoms with van der Waals surface area (Å²) in [5.41, 5.74) is 0.